The Morgan fingerprint density at radius 1 is 1.31 bits per heavy atom. The van der Waals surface area contributed by atoms with Crippen molar-refractivity contribution in [1.82, 2.24) is 5.32 Å². The maximum atomic E-state index is 12.7. The Labute approximate surface area is 91.4 Å². The molecule has 16 heavy (non-hydrogen) atoms. The fraction of sp³-hybridized carbons (Fsp3) is 0.455. The second kappa shape index (κ2) is 4.43. The fourth-order valence-corrected chi connectivity index (χ4v) is 1.81. The SMILES string of the molecule is FC(F)(F)c1ccccc1CC1CNCO1. The molecule has 1 atom stereocenters. The molecule has 1 unspecified atom stereocenters. The van der Waals surface area contributed by atoms with Crippen LogP contribution < -0.4 is 5.32 Å². The first kappa shape index (κ1) is 11.4. The van der Waals surface area contributed by atoms with Crippen LogP contribution in [0.3, 0.4) is 0 Å². The molecule has 0 amide bonds. The molecule has 0 saturated carbocycles. The van der Waals surface area contributed by atoms with Crippen LogP contribution in [-0.2, 0) is 17.3 Å². The second-order valence-electron chi connectivity index (χ2n) is 3.75. The van der Waals surface area contributed by atoms with Gasteiger partial charge >= 0.3 is 6.18 Å². The lowest BCUT2D eigenvalue weighted by Gasteiger charge is -2.14. The summed E-state index contributed by atoms with van der Waals surface area (Å²) in [6.45, 7) is 1.02. The molecule has 1 N–H and O–H groups in total. The molecule has 5 heteroatoms. The predicted molar refractivity (Wildman–Crippen MR) is 52.9 cm³/mol. The topological polar surface area (TPSA) is 21.3 Å². The van der Waals surface area contributed by atoms with Gasteiger partial charge in [-0.3, -0.25) is 5.32 Å². The smallest absolute Gasteiger partial charge is 0.361 e. The molecule has 0 spiro atoms. The van der Waals surface area contributed by atoms with Gasteiger partial charge in [-0.25, -0.2) is 0 Å². The Hall–Kier alpha value is -1.07. The Morgan fingerprint density at radius 3 is 2.69 bits per heavy atom. The quantitative estimate of drug-likeness (QED) is 0.842. The lowest BCUT2D eigenvalue weighted by Crippen LogP contribution is -2.19. The molecular formula is C11H12F3NO. The first-order valence-corrected chi connectivity index (χ1v) is 5.05. The fourth-order valence-electron chi connectivity index (χ4n) is 1.81. The largest absolute Gasteiger partial charge is 0.416 e. The number of alkyl halides is 3. The molecule has 1 aromatic carbocycles. The average molecular weight is 231 g/mol. The highest BCUT2D eigenvalue weighted by molar-refractivity contribution is 5.30. The van der Waals surface area contributed by atoms with E-state index in [0.29, 0.717) is 25.3 Å². The van der Waals surface area contributed by atoms with Crippen LogP contribution in [0.2, 0.25) is 0 Å². The van der Waals surface area contributed by atoms with E-state index in [9.17, 15) is 13.2 Å². The van der Waals surface area contributed by atoms with Gasteiger partial charge in [0.15, 0.2) is 0 Å². The molecule has 0 aliphatic carbocycles. The Balaban J connectivity index is 2.19. The second-order valence-corrected chi connectivity index (χ2v) is 3.75. The van der Waals surface area contributed by atoms with Crippen LogP contribution in [-0.4, -0.2) is 19.4 Å². The van der Waals surface area contributed by atoms with Crippen molar-refractivity contribution in [3.05, 3.63) is 35.4 Å². The molecule has 0 bridgehead atoms. The van der Waals surface area contributed by atoms with E-state index in [1.165, 1.54) is 12.1 Å². The molecule has 1 aliphatic rings. The lowest BCUT2D eigenvalue weighted by molar-refractivity contribution is -0.138. The zero-order valence-electron chi connectivity index (χ0n) is 8.55. The highest BCUT2D eigenvalue weighted by atomic mass is 19.4. The number of rotatable bonds is 2. The van der Waals surface area contributed by atoms with Crippen molar-refractivity contribution in [3.63, 3.8) is 0 Å². The third kappa shape index (κ3) is 2.54. The maximum absolute atomic E-state index is 12.7. The number of benzene rings is 1. The summed E-state index contributed by atoms with van der Waals surface area (Å²) in [5.41, 5.74) is -0.269. The lowest BCUT2D eigenvalue weighted by atomic mass is 10.0. The summed E-state index contributed by atoms with van der Waals surface area (Å²) in [5.74, 6) is 0. The van der Waals surface area contributed by atoms with Gasteiger partial charge in [-0.15, -0.1) is 0 Å². The van der Waals surface area contributed by atoms with Crippen LogP contribution in [0.15, 0.2) is 24.3 Å². The number of nitrogens with one attached hydrogen (secondary N) is 1. The summed E-state index contributed by atoms with van der Waals surface area (Å²) in [5, 5.41) is 2.95. The van der Waals surface area contributed by atoms with Gasteiger partial charge in [0.1, 0.15) is 0 Å². The number of ether oxygens (including phenoxy) is 1. The van der Waals surface area contributed by atoms with E-state index in [4.69, 9.17) is 4.74 Å². The van der Waals surface area contributed by atoms with Gasteiger partial charge < -0.3 is 4.74 Å². The van der Waals surface area contributed by atoms with Crippen molar-refractivity contribution in [2.75, 3.05) is 13.3 Å². The van der Waals surface area contributed by atoms with E-state index < -0.39 is 11.7 Å². The van der Waals surface area contributed by atoms with Gasteiger partial charge in [-0.1, -0.05) is 18.2 Å². The first-order chi connectivity index (χ1) is 7.57. The van der Waals surface area contributed by atoms with E-state index in [1.807, 2.05) is 0 Å². The van der Waals surface area contributed by atoms with Crippen molar-refractivity contribution in [1.29, 1.82) is 0 Å². The Morgan fingerprint density at radius 2 is 2.06 bits per heavy atom. The molecule has 1 fully saturated rings. The minimum Gasteiger partial charge on any atom is -0.361 e. The van der Waals surface area contributed by atoms with Crippen LogP contribution in [0.1, 0.15) is 11.1 Å². The van der Waals surface area contributed by atoms with Gasteiger partial charge in [0.2, 0.25) is 0 Å². The zero-order chi connectivity index (χ0) is 11.6. The monoisotopic (exact) mass is 231 g/mol. The predicted octanol–water partition coefficient (Wildman–Crippen LogP) is 2.19. The molecule has 0 aromatic heterocycles. The molecule has 1 aliphatic heterocycles. The van der Waals surface area contributed by atoms with Gasteiger partial charge in [0.05, 0.1) is 18.4 Å². The van der Waals surface area contributed by atoms with E-state index in [1.54, 1.807) is 6.07 Å². The van der Waals surface area contributed by atoms with E-state index in [-0.39, 0.29) is 6.10 Å². The summed E-state index contributed by atoms with van der Waals surface area (Å²) in [4.78, 5) is 0. The van der Waals surface area contributed by atoms with Crippen molar-refractivity contribution < 1.29 is 17.9 Å². The van der Waals surface area contributed by atoms with E-state index >= 15 is 0 Å². The zero-order valence-corrected chi connectivity index (χ0v) is 8.55. The van der Waals surface area contributed by atoms with Crippen molar-refractivity contribution in [2.24, 2.45) is 0 Å². The van der Waals surface area contributed by atoms with Crippen molar-refractivity contribution in [3.8, 4) is 0 Å². The third-order valence-corrected chi connectivity index (χ3v) is 2.56. The summed E-state index contributed by atoms with van der Waals surface area (Å²) >= 11 is 0. The maximum Gasteiger partial charge on any atom is 0.416 e. The van der Waals surface area contributed by atoms with Crippen LogP contribution in [0.5, 0.6) is 0 Å². The van der Waals surface area contributed by atoms with Gasteiger partial charge in [0.25, 0.3) is 0 Å². The van der Waals surface area contributed by atoms with Crippen LogP contribution in [0.25, 0.3) is 0 Å². The highest BCUT2D eigenvalue weighted by Gasteiger charge is 2.33. The third-order valence-electron chi connectivity index (χ3n) is 2.56. The standard InChI is InChI=1S/C11H12F3NO/c12-11(13,14)10-4-2-1-3-8(10)5-9-6-15-7-16-9/h1-4,9,15H,5-7H2. The Bertz CT molecular complexity index is 358. The van der Waals surface area contributed by atoms with Gasteiger partial charge in [0, 0.05) is 13.0 Å². The number of hydrogen-bond acceptors (Lipinski definition) is 2. The molecule has 2 rings (SSSR count). The molecule has 88 valence electrons. The van der Waals surface area contributed by atoms with Crippen molar-refractivity contribution in [2.45, 2.75) is 18.7 Å². The Kier molecular flexibility index (Phi) is 3.16. The van der Waals surface area contributed by atoms with Crippen LogP contribution in [0.4, 0.5) is 13.2 Å². The van der Waals surface area contributed by atoms with Gasteiger partial charge in [-0.2, -0.15) is 13.2 Å². The average Bonchev–Trinajstić information content (AvgIpc) is 2.70. The summed E-state index contributed by atoms with van der Waals surface area (Å²) in [7, 11) is 0. The van der Waals surface area contributed by atoms with E-state index in [2.05, 4.69) is 5.32 Å². The van der Waals surface area contributed by atoms with Crippen LogP contribution >= 0.6 is 0 Å². The molecule has 1 saturated heterocycles. The molecule has 2 nitrogen and oxygen atoms in total. The molecule has 1 heterocycles. The van der Waals surface area contributed by atoms with Gasteiger partial charge in [-0.05, 0) is 11.6 Å². The summed E-state index contributed by atoms with van der Waals surface area (Å²) in [6, 6.07) is 5.63. The minimum atomic E-state index is -4.29. The first-order valence-electron chi connectivity index (χ1n) is 5.05. The normalized spacial score (nSPS) is 21.3. The summed E-state index contributed by atoms with van der Waals surface area (Å²) in [6.07, 6.45) is -4.16. The molecular weight excluding hydrogens is 219 g/mol. The minimum absolute atomic E-state index is 0.163. The van der Waals surface area contributed by atoms with Crippen molar-refractivity contribution >= 4 is 0 Å². The number of hydrogen-bond donors (Lipinski definition) is 1. The van der Waals surface area contributed by atoms with Crippen LogP contribution in [0, 0.1) is 0 Å². The molecule has 1 aromatic rings. The highest BCUT2D eigenvalue weighted by Crippen LogP contribution is 2.32. The molecule has 0 radical (unpaired) electrons. The number of halogens is 3. The summed E-state index contributed by atoms with van der Waals surface area (Å²) < 4.78 is 43.2. The van der Waals surface area contributed by atoms with E-state index in [0.717, 1.165) is 6.07 Å².